The number of aryl methyl sites for hydroxylation is 2. The van der Waals surface area contributed by atoms with E-state index in [0.29, 0.717) is 19.7 Å². The van der Waals surface area contributed by atoms with Crippen molar-refractivity contribution in [3.05, 3.63) is 35.2 Å². The van der Waals surface area contributed by atoms with Gasteiger partial charge in [0.05, 0.1) is 24.3 Å². The minimum atomic E-state index is -0.522. The predicted octanol–water partition coefficient (Wildman–Crippen LogP) is 4.09. The molecular formula is C19H24N2O4. The highest BCUT2D eigenvalue weighted by molar-refractivity contribution is 5.76. The van der Waals surface area contributed by atoms with Crippen LogP contribution in [0.1, 0.15) is 37.8 Å². The molecule has 0 atom stereocenters. The lowest BCUT2D eigenvalue weighted by atomic mass is 10.00. The Kier molecular flexibility index (Phi) is 4.45. The van der Waals surface area contributed by atoms with Crippen molar-refractivity contribution in [1.82, 2.24) is 10.1 Å². The summed E-state index contributed by atoms with van der Waals surface area (Å²) in [4.78, 5) is 14.1. The van der Waals surface area contributed by atoms with Gasteiger partial charge in [-0.3, -0.25) is 0 Å². The number of rotatable bonds is 1. The fraction of sp³-hybridized carbons (Fsp3) is 0.474. The van der Waals surface area contributed by atoms with E-state index in [4.69, 9.17) is 14.0 Å². The molecule has 0 bridgehead atoms. The molecule has 1 aromatic heterocycles. The van der Waals surface area contributed by atoms with Gasteiger partial charge in [0.15, 0.2) is 0 Å². The van der Waals surface area contributed by atoms with Crippen molar-refractivity contribution >= 4 is 6.09 Å². The Balaban J connectivity index is 1.94. The molecule has 2 aromatic rings. The fourth-order valence-electron chi connectivity index (χ4n) is 2.97. The van der Waals surface area contributed by atoms with Crippen molar-refractivity contribution in [1.29, 1.82) is 0 Å². The second kappa shape index (κ2) is 6.43. The molecule has 0 saturated carbocycles. The van der Waals surface area contributed by atoms with E-state index in [-0.39, 0.29) is 6.09 Å². The number of carbonyl (C=O) groups is 1. The molecule has 6 nitrogen and oxygen atoms in total. The summed E-state index contributed by atoms with van der Waals surface area (Å²) in [5.41, 5.74) is 3.14. The Morgan fingerprint density at radius 3 is 2.68 bits per heavy atom. The molecule has 1 aromatic carbocycles. The molecule has 1 aliphatic heterocycles. The normalized spacial score (nSPS) is 14.5. The van der Waals surface area contributed by atoms with E-state index in [1.807, 2.05) is 52.8 Å². The van der Waals surface area contributed by atoms with Gasteiger partial charge < -0.3 is 18.9 Å². The number of benzene rings is 1. The first-order valence-electron chi connectivity index (χ1n) is 8.42. The summed E-state index contributed by atoms with van der Waals surface area (Å²) >= 11 is 0. The quantitative estimate of drug-likeness (QED) is 0.779. The summed E-state index contributed by atoms with van der Waals surface area (Å²) in [6.45, 7) is 10.7. The Hall–Kier alpha value is -2.50. The molecule has 134 valence electrons. The van der Waals surface area contributed by atoms with Gasteiger partial charge in [-0.05, 0) is 34.6 Å². The number of fused-ring (bicyclic) bond motifs is 1. The van der Waals surface area contributed by atoms with Crippen LogP contribution in [0, 0.1) is 13.8 Å². The van der Waals surface area contributed by atoms with Crippen molar-refractivity contribution in [2.45, 2.75) is 46.8 Å². The van der Waals surface area contributed by atoms with Crippen LogP contribution in [-0.4, -0.2) is 34.9 Å². The number of aromatic nitrogens is 1. The summed E-state index contributed by atoms with van der Waals surface area (Å²) in [5.74, 6) is 1.53. The van der Waals surface area contributed by atoms with E-state index in [1.165, 1.54) is 0 Å². The molecule has 0 N–H and O–H groups in total. The number of nitrogens with zero attached hydrogens (tertiary/aromatic N) is 2. The SMILES string of the molecule is Cc1noc(C)c1-c1cccc2c1OCCN(C(=O)OC(C)(C)C)C2. The molecule has 0 unspecified atom stereocenters. The zero-order chi connectivity index (χ0) is 18.2. The first-order chi connectivity index (χ1) is 11.8. The maximum absolute atomic E-state index is 12.4. The average molecular weight is 344 g/mol. The first kappa shape index (κ1) is 17.3. The Morgan fingerprint density at radius 1 is 1.28 bits per heavy atom. The summed E-state index contributed by atoms with van der Waals surface area (Å²) < 4.78 is 16.8. The third kappa shape index (κ3) is 3.62. The van der Waals surface area contributed by atoms with Crippen molar-refractivity contribution in [2.75, 3.05) is 13.2 Å². The van der Waals surface area contributed by atoms with Crippen LogP contribution in [0.5, 0.6) is 5.75 Å². The average Bonchev–Trinajstić information content (AvgIpc) is 2.73. The molecule has 0 fully saturated rings. The summed E-state index contributed by atoms with van der Waals surface area (Å²) in [6, 6.07) is 5.93. The largest absolute Gasteiger partial charge is 0.491 e. The highest BCUT2D eigenvalue weighted by Crippen LogP contribution is 2.38. The number of ether oxygens (including phenoxy) is 2. The Bertz CT molecular complexity index is 770. The van der Waals surface area contributed by atoms with E-state index >= 15 is 0 Å². The van der Waals surface area contributed by atoms with E-state index in [2.05, 4.69) is 5.16 Å². The molecule has 6 heteroatoms. The minimum Gasteiger partial charge on any atom is -0.491 e. The number of carbonyl (C=O) groups excluding carboxylic acids is 1. The highest BCUT2D eigenvalue weighted by Gasteiger charge is 2.27. The zero-order valence-corrected chi connectivity index (χ0v) is 15.4. The summed E-state index contributed by atoms with van der Waals surface area (Å²) in [6.07, 6.45) is -0.327. The standard InChI is InChI=1S/C19H24N2O4/c1-12-16(13(2)25-20-12)15-8-6-7-14-11-21(9-10-23-17(14)15)18(22)24-19(3,4)5/h6-8H,9-11H2,1-5H3. The zero-order valence-electron chi connectivity index (χ0n) is 15.4. The monoisotopic (exact) mass is 344 g/mol. The lowest BCUT2D eigenvalue weighted by Crippen LogP contribution is -2.37. The maximum atomic E-state index is 12.4. The smallest absolute Gasteiger partial charge is 0.410 e. The van der Waals surface area contributed by atoms with Crippen LogP contribution < -0.4 is 4.74 Å². The first-order valence-corrected chi connectivity index (χ1v) is 8.42. The van der Waals surface area contributed by atoms with Crippen LogP contribution in [0.25, 0.3) is 11.1 Å². The van der Waals surface area contributed by atoms with Crippen LogP contribution in [-0.2, 0) is 11.3 Å². The van der Waals surface area contributed by atoms with Crippen molar-refractivity contribution in [2.24, 2.45) is 0 Å². The molecule has 1 aliphatic rings. The van der Waals surface area contributed by atoms with Crippen molar-refractivity contribution in [3.8, 4) is 16.9 Å². The molecule has 25 heavy (non-hydrogen) atoms. The van der Waals surface area contributed by atoms with E-state index in [9.17, 15) is 4.79 Å². The Labute approximate surface area is 147 Å². The van der Waals surface area contributed by atoms with Gasteiger partial charge in [-0.15, -0.1) is 0 Å². The van der Waals surface area contributed by atoms with Crippen LogP contribution >= 0.6 is 0 Å². The van der Waals surface area contributed by atoms with E-state index in [0.717, 1.165) is 33.9 Å². The number of hydrogen-bond acceptors (Lipinski definition) is 5. The third-order valence-corrected chi connectivity index (χ3v) is 4.02. The Morgan fingerprint density at radius 2 is 2.04 bits per heavy atom. The van der Waals surface area contributed by atoms with Gasteiger partial charge in [0.25, 0.3) is 0 Å². The van der Waals surface area contributed by atoms with Crippen LogP contribution in [0.15, 0.2) is 22.7 Å². The van der Waals surface area contributed by atoms with Gasteiger partial charge in [0.1, 0.15) is 23.7 Å². The fourth-order valence-corrected chi connectivity index (χ4v) is 2.97. The third-order valence-electron chi connectivity index (χ3n) is 4.02. The lowest BCUT2D eigenvalue weighted by Gasteiger charge is -2.26. The van der Waals surface area contributed by atoms with Crippen molar-refractivity contribution in [3.63, 3.8) is 0 Å². The molecule has 1 amide bonds. The molecule has 0 saturated heterocycles. The summed E-state index contributed by atoms with van der Waals surface area (Å²) in [5, 5.41) is 4.03. The lowest BCUT2D eigenvalue weighted by molar-refractivity contribution is 0.0225. The highest BCUT2D eigenvalue weighted by atomic mass is 16.6. The second-order valence-corrected chi connectivity index (χ2v) is 7.24. The van der Waals surface area contributed by atoms with Gasteiger partial charge in [0.2, 0.25) is 0 Å². The minimum absolute atomic E-state index is 0.327. The number of para-hydroxylation sites is 1. The second-order valence-electron chi connectivity index (χ2n) is 7.24. The molecule has 0 aliphatic carbocycles. The molecule has 0 spiro atoms. The summed E-state index contributed by atoms with van der Waals surface area (Å²) in [7, 11) is 0. The van der Waals surface area contributed by atoms with Gasteiger partial charge in [-0.25, -0.2) is 4.79 Å². The van der Waals surface area contributed by atoms with Gasteiger partial charge in [0, 0.05) is 11.1 Å². The van der Waals surface area contributed by atoms with Gasteiger partial charge >= 0.3 is 6.09 Å². The van der Waals surface area contributed by atoms with Gasteiger partial charge in [-0.2, -0.15) is 0 Å². The molecule has 2 heterocycles. The topological polar surface area (TPSA) is 64.8 Å². The van der Waals surface area contributed by atoms with Gasteiger partial charge in [-0.1, -0.05) is 23.4 Å². The number of amides is 1. The van der Waals surface area contributed by atoms with Crippen LogP contribution in [0.2, 0.25) is 0 Å². The van der Waals surface area contributed by atoms with Crippen molar-refractivity contribution < 1.29 is 18.8 Å². The molecule has 3 rings (SSSR count). The molecule has 0 radical (unpaired) electrons. The predicted molar refractivity (Wildman–Crippen MR) is 93.6 cm³/mol. The van der Waals surface area contributed by atoms with E-state index < -0.39 is 5.60 Å². The van der Waals surface area contributed by atoms with Crippen LogP contribution in [0.4, 0.5) is 4.79 Å². The maximum Gasteiger partial charge on any atom is 0.410 e. The van der Waals surface area contributed by atoms with E-state index in [1.54, 1.807) is 4.90 Å². The molecular weight excluding hydrogens is 320 g/mol. The number of hydrogen-bond donors (Lipinski definition) is 0. The van der Waals surface area contributed by atoms with Crippen LogP contribution in [0.3, 0.4) is 0 Å².